The number of carbonyl (C=O) groups excluding carboxylic acids is 1. The molecule has 0 spiro atoms. The second-order valence-electron chi connectivity index (χ2n) is 2.82. The van der Waals surface area contributed by atoms with Crippen LogP contribution in [0.5, 0.6) is 0 Å². The summed E-state index contributed by atoms with van der Waals surface area (Å²) in [6.45, 7) is 3.05. The van der Waals surface area contributed by atoms with Crippen molar-refractivity contribution >= 4 is 33.2 Å². The Morgan fingerprint density at radius 2 is 2.43 bits per heavy atom. The average molecular weight is 278 g/mol. The fourth-order valence-electron chi connectivity index (χ4n) is 0.926. The van der Waals surface area contributed by atoms with Crippen molar-refractivity contribution in [2.75, 3.05) is 20.3 Å². The summed E-state index contributed by atoms with van der Waals surface area (Å²) < 4.78 is 5.85. The highest BCUT2D eigenvalue weighted by molar-refractivity contribution is 9.11. The number of ether oxygens (including phenoxy) is 1. The van der Waals surface area contributed by atoms with E-state index in [1.165, 1.54) is 11.3 Å². The number of hydrogen-bond acceptors (Lipinski definition) is 3. The number of methoxy groups -OCH3 is 1. The molecule has 1 N–H and O–H groups in total. The minimum atomic E-state index is -0.0409. The van der Waals surface area contributed by atoms with Gasteiger partial charge in [0.05, 0.1) is 15.3 Å². The van der Waals surface area contributed by atoms with Crippen LogP contribution < -0.4 is 5.32 Å². The summed E-state index contributed by atoms with van der Waals surface area (Å²) in [7, 11) is 1.61. The zero-order valence-corrected chi connectivity index (χ0v) is 10.5. The van der Waals surface area contributed by atoms with Gasteiger partial charge in [0.1, 0.15) is 0 Å². The Hall–Kier alpha value is -0.390. The molecular weight excluding hydrogens is 266 g/mol. The van der Waals surface area contributed by atoms with E-state index >= 15 is 0 Å². The summed E-state index contributed by atoms with van der Waals surface area (Å²) >= 11 is 4.82. The van der Waals surface area contributed by atoms with Crippen molar-refractivity contribution in [3.05, 3.63) is 20.3 Å². The predicted molar refractivity (Wildman–Crippen MR) is 61.0 cm³/mol. The third kappa shape index (κ3) is 3.08. The van der Waals surface area contributed by atoms with Crippen LogP contribution in [0.15, 0.2) is 9.85 Å². The molecule has 0 unspecified atom stereocenters. The van der Waals surface area contributed by atoms with Gasteiger partial charge >= 0.3 is 0 Å². The molecule has 14 heavy (non-hydrogen) atoms. The summed E-state index contributed by atoms with van der Waals surface area (Å²) in [4.78, 5) is 12.2. The Bertz CT molecular complexity index is 305. The first-order chi connectivity index (χ1) is 6.65. The van der Waals surface area contributed by atoms with Gasteiger partial charge in [-0.05, 0) is 34.5 Å². The van der Waals surface area contributed by atoms with Crippen molar-refractivity contribution in [1.29, 1.82) is 0 Å². The molecule has 0 fully saturated rings. The lowest BCUT2D eigenvalue weighted by Crippen LogP contribution is -2.26. The van der Waals surface area contributed by atoms with Crippen LogP contribution in [0.3, 0.4) is 0 Å². The number of amides is 1. The van der Waals surface area contributed by atoms with Gasteiger partial charge in [-0.3, -0.25) is 4.79 Å². The zero-order valence-electron chi connectivity index (χ0n) is 8.09. The van der Waals surface area contributed by atoms with Crippen molar-refractivity contribution in [2.24, 2.45) is 0 Å². The van der Waals surface area contributed by atoms with E-state index in [0.717, 1.165) is 14.2 Å². The Morgan fingerprint density at radius 3 is 2.93 bits per heavy atom. The van der Waals surface area contributed by atoms with Crippen molar-refractivity contribution in [3.63, 3.8) is 0 Å². The summed E-state index contributed by atoms with van der Waals surface area (Å²) in [6, 6.07) is 1.87. The van der Waals surface area contributed by atoms with Crippen LogP contribution in [0.1, 0.15) is 15.2 Å². The quantitative estimate of drug-likeness (QED) is 0.857. The number of carbonyl (C=O) groups is 1. The second-order valence-corrected chi connectivity index (χ2v) is 5.19. The van der Waals surface area contributed by atoms with Crippen molar-refractivity contribution in [3.8, 4) is 0 Å². The molecule has 0 aliphatic carbocycles. The molecule has 1 heterocycles. The lowest BCUT2D eigenvalue weighted by atomic mass is 10.3. The maximum atomic E-state index is 11.5. The van der Waals surface area contributed by atoms with Crippen LogP contribution in [-0.2, 0) is 4.74 Å². The lowest BCUT2D eigenvalue weighted by Gasteiger charge is -2.01. The number of rotatable bonds is 4. The first kappa shape index (κ1) is 11.7. The summed E-state index contributed by atoms with van der Waals surface area (Å²) in [6.07, 6.45) is 0. The predicted octanol–water partition coefficient (Wildman–Crippen LogP) is 2.20. The average Bonchev–Trinajstić information content (AvgIpc) is 2.47. The van der Waals surface area contributed by atoms with Crippen molar-refractivity contribution in [2.45, 2.75) is 6.92 Å². The van der Waals surface area contributed by atoms with Crippen molar-refractivity contribution in [1.82, 2.24) is 5.32 Å². The zero-order chi connectivity index (χ0) is 10.6. The Kier molecular flexibility index (Phi) is 4.57. The summed E-state index contributed by atoms with van der Waals surface area (Å²) in [5.74, 6) is -0.0409. The summed E-state index contributed by atoms with van der Waals surface area (Å²) in [5.41, 5.74) is 1.09. The normalized spacial score (nSPS) is 10.2. The highest BCUT2D eigenvalue weighted by Gasteiger charge is 2.09. The Balaban J connectivity index is 2.52. The van der Waals surface area contributed by atoms with Crippen LogP contribution in [0, 0.1) is 6.92 Å². The smallest absolute Gasteiger partial charge is 0.261 e. The molecule has 1 aromatic rings. The minimum Gasteiger partial charge on any atom is -0.383 e. The number of aryl methyl sites for hydroxylation is 1. The molecule has 0 aliphatic rings. The third-order valence-electron chi connectivity index (χ3n) is 1.67. The van der Waals surface area contributed by atoms with Gasteiger partial charge in [0.15, 0.2) is 0 Å². The van der Waals surface area contributed by atoms with E-state index in [-0.39, 0.29) is 5.91 Å². The van der Waals surface area contributed by atoms with E-state index in [1.807, 2.05) is 13.0 Å². The van der Waals surface area contributed by atoms with Crippen LogP contribution in [0.4, 0.5) is 0 Å². The highest BCUT2D eigenvalue weighted by atomic mass is 79.9. The van der Waals surface area contributed by atoms with Gasteiger partial charge in [0, 0.05) is 13.7 Å². The fraction of sp³-hybridized carbons (Fsp3) is 0.444. The fourth-order valence-corrected chi connectivity index (χ4v) is 2.38. The van der Waals surface area contributed by atoms with Gasteiger partial charge in [-0.25, -0.2) is 0 Å². The highest BCUT2D eigenvalue weighted by Crippen LogP contribution is 2.26. The second kappa shape index (κ2) is 5.48. The van der Waals surface area contributed by atoms with E-state index in [1.54, 1.807) is 7.11 Å². The van der Waals surface area contributed by atoms with Gasteiger partial charge in [-0.1, -0.05) is 0 Å². The number of hydrogen-bond donors (Lipinski definition) is 1. The molecule has 0 radical (unpaired) electrons. The topological polar surface area (TPSA) is 38.3 Å². The van der Waals surface area contributed by atoms with Gasteiger partial charge in [-0.2, -0.15) is 0 Å². The molecule has 1 amide bonds. The molecule has 5 heteroatoms. The van der Waals surface area contributed by atoms with E-state index in [0.29, 0.717) is 13.2 Å². The SMILES string of the molecule is COCCNC(=O)c1cc(C)c(Br)s1. The van der Waals surface area contributed by atoms with Crippen LogP contribution in [0.25, 0.3) is 0 Å². The van der Waals surface area contributed by atoms with E-state index < -0.39 is 0 Å². The summed E-state index contributed by atoms with van der Waals surface area (Å²) in [5, 5.41) is 2.77. The van der Waals surface area contributed by atoms with Crippen LogP contribution in [0.2, 0.25) is 0 Å². The molecule has 3 nitrogen and oxygen atoms in total. The molecule has 1 rings (SSSR count). The number of halogens is 1. The molecule has 0 aliphatic heterocycles. The molecule has 0 saturated heterocycles. The van der Waals surface area contributed by atoms with Gasteiger partial charge in [0.25, 0.3) is 5.91 Å². The van der Waals surface area contributed by atoms with Crippen LogP contribution in [-0.4, -0.2) is 26.2 Å². The molecule has 0 atom stereocenters. The first-order valence-corrected chi connectivity index (χ1v) is 5.79. The first-order valence-electron chi connectivity index (χ1n) is 4.18. The molecule has 0 aromatic carbocycles. The van der Waals surface area contributed by atoms with Gasteiger partial charge in [0.2, 0.25) is 0 Å². The van der Waals surface area contributed by atoms with E-state index in [4.69, 9.17) is 4.74 Å². The maximum Gasteiger partial charge on any atom is 0.261 e. The molecular formula is C9H12BrNO2S. The molecule has 0 bridgehead atoms. The minimum absolute atomic E-state index is 0.0409. The van der Waals surface area contributed by atoms with E-state index in [2.05, 4.69) is 21.2 Å². The van der Waals surface area contributed by atoms with Gasteiger partial charge in [-0.15, -0.1) is 11.3 Å². The monoisotopic (exact) mass is 277 g/mol. The molecule has 78 valence electrons. The third-order valence-corrected chi connectivity index (χ3v) is 3.81. The number of nitrogens with one attached hydrogen (secondary N) is 1. The Labute approximate surface area is 95.6 Å². The maximum absolute atomic E-state index is 11.5. The van der Waals surface area contributed by atoms with E-state index in [9.17, 15) is 4.79 Å². The number of thiophene rings is 1. The molecule has 1 aromatic heterocycles. The lowest BCUT2D eigenvalue weighted by molar-refractivity contribution is 0.0941. The van der Waals surface area contributed by atoms with Gasteiger partial charge < -0.3 is 10.1 Å². The standard InChI is InChI=1S/C9H12BrNO2S/c1-6-5-7(14-8(6)10)9(12)11-3-4-13-2/h5H,3-4H2,1-2H3,(H,11,12). The molecule has 0 saturated carbocycles. The van der Waals surface area contributed by atoms with Crippen molar-refractivity contribution < 1.29 is 9.53 Å². The Morgan fingerprint density at radius 1 is 1.71 bits per heavy atom. The largest absolute Gasteiger partial charge is 0.383 e. The van der Waals surface area contributed by atoms with Crippen LogP contribution >= 0.6 is 27.3 Å².